The van der Waals surface area contributed by atoms with Crippen LogP contribution in [-0.4, -0.2) is 0 Å². The van der Waals surface area contributed by atoms with Crippen LogP contribution in [0.2, 0.25) is 0 Å². The van der Waals surface area contributed by atoms with Gasteiger partial charge in [0, 0.05) is 22.6 Å². The first kappa shape index (κ1) is 7.14. The second kappa shape index (κ2) is 3.94. The van der Waals surface area contributed by atoms with Crippen LogP contribution in [0.5, 0.6) is 0 Å². The molecule has 0 aliphatic heterocycles. The van der Waals surface area contributed by atoms with Crippen LogP contribution in [-0.2, 0) is 0 Å². The predicted octanol–water partition coefficient (Wildman–Crippen LogP) is 2.88. The maximum Gasteiger partial charge on any atom is 0.0185 e. The van der Waals surface area contributed by atoms with Gasteiger partial charge in [-0.3, -0.25) is 0 Å². The van der Waals surface area contributed by atoms with Crippen molar-refractivity contribution in [2.24, 2.45) is 0 Å². The molecule has 9 heavy (non-hydrogen) atoms. The topological polar surface area (TPSA) is 0 Å². The molecule has 0 saturated carbocycles. The summed E-state index contributed by atoms with van der Waals surface area (Å²) in [4.78, 5) is 0. The summed E-state index contributed by atoms with van der Waals surface area (Å²) in [7, 11) is 0. The molecule has 0 aromatic rings. The summed E-state index contributed by atoms with van der Waals surface area (Å²) >= 11 is 2.09. The zero-order valence-electron chi connectivity index (χ0n) is 5.28. The van der Waals surface area contributed by atoms with Crippen molar-refractivity contribution in [1.82, 2.24) is 0 Å². The Labute approximate surface area is 69.9 Å². The molecule has 0 aromatic heterocycles. The lowest BCUT2D eigenvalue weighted by molar-refractivity contribution is 0.715. The third kappa shape index (κ3) is 2.40. The third-order valence-corrected chi connectivity index (χ3v) is 1.77. The highest BCUT2D eigenvalue weighted by atomic mass is 127. The summed E-state index contributed by atoms with van der Waals surface area (Å²) in [5.41, 5.74) is 1.34. The van der Waals surface area contributed by atoms with E-state index in [2.05, 4.69) is 38.5 Å². The van der Waals surface area contributed by atoms with E-state index >= 15 is 0 Å². The number of hydrogen-bond acceptors (Lipinski definition) is 0. The molecule has 1 aliphatic carbocycles. The molecule has 0 unspecified atom stereocenters. The van der Waals surface area contributed by atoms with Gasteiger partial charge in [0.1, 0.15) is 0 Å². The van der Waals surface area contributed by atoms with Gasteiger partial charge in [-0.05, 0) is 35.2 Å². The SMILES string of the molecule is IC#CC1=CCCCC1. The maximum absolute atomic E-state index is 3.08. The molecule has 0 amide bonds. The van der Waals surface area contributed by atoms with Crippen LogP contribution >= 0.6 is 22.6 Å². The molecule has 0 atom stereocenters. The highest BCUT2D eigenvalue weighted by Gasteiger charge is 1.98. The minimum Gasteiger partial charge on any atom is -0.0729 e. The molecule has 0 nitrogen and oxygen atoms in total. The van der Waals surface area contributed by atoms with Crippen LogP contribution < -0.4 is 0 Å². The lowest BCUT2D eigenvalue weighted by atomic mass is 10.0. The first-order chi connectivity index (χ1) is 4.43. The Kier molecular flexibility index (Phi) is 3.13. The Balaban J connectivity index is 2.53. The van der Waals surface area contributed by atoms with E-state index in [0.29, 0.717) is 0 Å². The summed E-state index contributed by atoms with van der Waals surface area (Å²) in [5, 5.41) is 0. The molecule has 1 aliphatic rings. The van der Waals surface area contributed by atoms with Gasteiger partial charge in [-0.2, -0.15) is 0 Å². The molecule has 48 valence electrons. The lowest BCUT2D eigenvalue weighted by Gasteiger charge is -2.04. The van der Waals surface area contributed by atoms with Crippen molar-refractivity contribution in [2.75, 3.05) is 0 Å². The Morgan fingerprint density at radius 2 is 2.33 bits per heavy atom. The average molecular weight is 232 g/mol. The molecule has 0 N–H and O–H groups in total. The predicted molar refractivity (Wildman–Crippen MR) is 48.3 cm³/mol. The Morgan fingerprint density at radius 3 is 2.89 bits per heavy atom. The van der Waals surface area contributed by atoms with E-state index < -0.39 is 0 Å². The number of hydrogen-bond donors (Lipinski definition) is 0. The van der Waals surface area contributed by atoms with Crippen LogP contribution in [0.15, 0.2) is 11.6 Å². The fourth-order valence-corrected chi connectivity index (χ4v) is 1.36. The van der Waals surface area contributed by atoms with E-state index in [0.717, 1.165) is 0 Å². The summed E-state index contributed by atoms with van der Waals surface area (Å²) in [6.45, 7) is 0. The fourth-order valence-electron chi connectivity index (χ4n) is 1.01. The molecule has 0 radical (unpaired) electrons. The smallest absolute Gasteiger partial charge is 0.0185 e. The van der Waals surface area contributed by atoms with Crippen LogP contribution in [0, 0.1) is 9.85 Å². The normalized spacial score (nSPS) is 17.7. The van der Waals surface area contributed by atoms with Gasteiger partial charge in [0.25, 0.3) is 0 Å². The van der Waals surface area contributed by atoms with E-state index in [-0.39, 0.29) is 0 Å². The molecule has 0 bridgehead atoms. The van der Waals surface area contributed by atoms with E-state index in [1.54, 1.807) is 0 Å². The van der Waals surface area contributed by atoms with E-state index in [1.807, 2.05) is 0 Å². The maximum atomic E-state index is 3.08. The van der Waals surface area contributed by atoms with Crippen molar-refractivity contribution in [3.8, 4) is 9.85 Å². The number of rotatable bonds is 0. The Morgan fingerprint density at radius 1 is 1.44 bits per heavy atom. The van der Waals surface area contributed by atoms with Crippen molar-refractivity contribution in [3.05, 3.63) is 11.6 Å². The second-order valence-corrected chi connectivity index (χ2v) is 2.73. The zero-order chi connectivity index (χ0) is 6.53. The fraction of sp³-hybridized carbons (Fsp3) is 0.500. The second-order valence-electron chi connectivity index (χ2n) is 2.19. The monoisotopic (exact) mass is 232 g/mol. The van der Waals surface area contributed by atoms with E-state index in [4.69, 9.17) is 0 Å². The summed E-state index contributed by atoms with van der Waals surface area (Å²) < 4.78 is 2.89. The van der Waals surface area contributed by atoms with Gasteiger partial charge in [0.05, 0.1) is 0 Å². The molecule has 0 heterocycles. The summed E-state index contributed by atoms with van der Waals surface area (Å²) in [5.74, 6) is 3.08. The lowest BCUT2D eigenvalue weighted by Crippen LogP contribution is -1.87. The highest BCUT2D eigenvalue weighted by molar-refractivity contribution is 14.1. The molecular formula is C8H9I. The zero-order valence-corrected chi connectivity index (χ0v) is 7.44. The van der Waals surface area contributed by atoms with Crippen molar-refractivity contribution < 1.29 is 0 Å². The minimum absolute atomic E-state index is 1.20. The summed E-state index contributed by atoms with van der Waals surface area (Å²) in [6.07, 6.45) is 7.38. The van der Waals surface area contributed by atoms with Crippen molar-refractivity contribution in [1.29, 1.82) is 0 Å². The Bertz CT molecular complexity index is 169. The van der Waals surface area contributed by atoms with Gasteiger partial charge in [0.15, 0.2) is 0 Å². The first-order valence-electron chi connectivity index (χ1n) is 3.24. The van der Waals surface area contributed by atoms with Crippen LogP contribution in [0.1, 0.15) is 25.7 Å². The van der Waals surface area contributed by atoms with Crippen molar-refractivity contribution >= 4 is 22.6 Å². The Hall–Kier alpha value is 0.0300. The molecule has 0 aromatic carbocycles. The number of halogens is 1. The average Bonchev–Trinajstić information content (AvgIpc) is 1.91. The minimum atomic E-state index is 1.20. The first-order valence-corrected chi connectivity index (χ1v) is 4.32. The van der Waals surface area contributed by atoms with Gasteiger partial charge in [-0.15, -0.1) is 0 Å². The van der Waals surface area contributed by atoms with Crippen molar-refractivity contribution in [2.45, 2.75) is 25.7 Å². The van der Waals surface area contributed by atoms with Crippen molar-refractivity contribution in [3.63, 3.8) is 0 Å². The van der Waals surface area contributed by atoms with Gasteiger partial charge in [-0.25, -0.2) is 0 Å². The molecule has 0 spiro atoms. The van der Waals surface area contributed by atoms with E-state index in [1.165, 1.54) is 31.3 Å². The summed E-state index contributed by atoms with van der Waals surface area (Å²) in [6, 6.07) is 0. The van der Waals surface area contributed by atoms with E-state index in [9.17, 15) is 0 Å². The van der Waals surface area contributed by atoms with Crippen LogP contribution in [0.3, 0.4) is 0 Å². The van der Waals surface area contributed by atoms with Crippen LogP contribution in [0.25, 0.3) is 0 Å². The van der Waals surface area contributed by atoms with Crippen LogP contribution in [0.4, 0.5) is 0 Å². The highest BCUT2D eigenvalue weighted by Crippen LogP contribution is 2.15. The third-order valence-electron chi connectivity index (χ3n) is 1.50. The molecule has 1 rings (SSSR count). The molecule has 1 heteroatoms. The van der Waals surface area contributed by atoms with Gasteiger partial charge in [0.2, 0.25) is 0 Å². The molecular weight excluding hydrogens is 223 g/mol. The largest absolute Gasteiger partial charge is 0.0729 e. The van der Waals surface area contributed by atoms with Gasteiger partial charge >= 0.3 is 0 Å². The number of allylic oxidation sites excluding steroid dienone is 2. The quantitative estimate of drug-likeness (QED) is 0.445. The molecule has 0 fully saturated rings. The molecule has 0 saturated heterocycles. The van der Waals surface area contributed by atoms with Gasteiger partial charge < -0.3 is 0 Å². The standard InChI is InChI=1S/C8H9I/c9-7-6-8-4-2-1-3-5-8/h4H,1-3,5H2. The van der Waals surface area contributed by atoms with Gasteiger partial charge in [-0.1, -0.05) is 12.0 Å².